The summed E-state index contributed by atoms with van der Waals surface area (Å²) in [6.07, 6.45) is 0. The average Bonchev–Trinajstić information content (AvgIpc) is 2.51. The van der Waals surface area contributed by atoms with E-state index in [1.54, 1.807) is 0 Å². The van der Waals surface area contributed by atoms with E-state index in [-0.39, 0.29) is 5.91 Å². The number of aryl methyl sites for hydroxylation is 3. The van der Waals surface area contributed by atoms with Gasteiger partial charge in [-0.05, 0) is 38.0 Å². The van der Waals surface area contributed by atoms with Crippen molar-refractivity contribution in [3.8, 4) is 0 Å². The fraction of sp³-hybridized carbons (Fsp3) is 0.316. The second kappa shape index (κ2) is 8.04. The van der Waals surface area contributed by atoms with E-state index in [0.29, 0.717) is 6.54 Å². The van der Waals surface area contributed by atoms with E-state index in [9.17, 15) is 4.79 Å². The first kappa shape index (κ1) is 16.6. The minimum absolute atomic E-state index is 0.0251. The summed E-state index contributed by atoms with van der Waals surface area (Å²) in [5, 5.41) is 3.00. The van der Waals surface area contributed by atoms with Crippen molar-refractivity contribution in [2.75, 3.05) is 12.3 Å². The topological polar surface area (TPSA) is 29.1 Å². The number of nitrogens with one attached hydrogen (secondary N) is 1. The lowest BCUT2D eigenvalue weighted by molar-refractivity contribution is 0.0955. The number of hydrogen-bond acceptors (Lipinski definition) is 2. The zero-order chi connectivity index (χ0) is 15.9. The van der Waals surface area contributed by atoms with E-state index in [4.69, 9.17) is 0 Å². The number of carbonyl (C=O) groups is 1. The summed E-state index contributed by atoms with van der Waals surface area (Å²) >= 11 is 1.84. The molecule has 116 valence electrons. The molecule has 1 amide bonds. The van der Waals surface area contributed by atoms with Crippen molar-refractivity contribution >= 4 is 17.7 Å². The summed E-state index contributed by atoms with van der Waals surface area (Å²) in [6, 6.07) is 14.6. The van der Waals surface area contributed by atoms with Gasteiger partial charge in [0.05, 0.1) is 0 Å². The second-order valence-electron chi connectivity index (χ2n) is 5.61. The van der Waals surface area contributed by atoms with Crippen molar-refractivity contribution in [2.24, 2.45) is 0 Å². The summed E-state index contributed by atoms with van der Waals surface area (Å²) in [4.78, 5) is 12.2. The van der Waals surface area contributed by atoms with Crippen molar-refractivity contribution < 1.29 is 4.79 Å². The molecule has 0 aromatic heterocycles. The van der Waals surface area contributed by atoms with Gasteiger partial charge in [-0.2, -0.15) is 11.8 Å². The van der Waals surface area contributed by atoms with Crippen LogP contribution in [0.1, 0.15) is 32.6 Å². The van der Waals surface area contributed by atoms with Crippen molar-refractivity contribution in [1.82, 2.24) is 5.32 Å². The molecule has 3 heteroatoms. The molecule has 0 aliphatic heterocycles. The van der Waals surface area contributed by atoms with Crippen LogP contribution in [0.5, 0.6) is 0 Å². The van der Waals surface area contributed by atoms with Crippen LogP contribution in [0.15, 0.2) is 42.5 Å². The van der Waals surface area contributed by atoms with Gasteiger partial charge in [0, 0.05) is 23.6 Å². The molecular weight excluding hydrogens is 290 g/mol. The number of benzene rings is 2. The number of carbonyl (C=O) groups excluding carboxylic acids is 1. The molecule has 0 saturated carbocycles. The Morgan fingerprint density at radius 3 is 2.41 bits per heavy atom. The third-order valence-corrected chi connectivity index (χ3v) is 4.59. The van der Waals surface area contributed by atoms with Crippen LogP contribution in [0.25, 0.3) is 0 Å². The lowest BCUT2D eigenvalue weighted by atomic mass is 10.1. The molecule has 0 spiro atoms. The maximum Gasteiger partial charge on any atom is 0.251 e. The average molecular weight is 313 g/mol. The van der Waals surface area contributed by atoms with Gasteiger partial charge in [0.2, 0.25) is 0 Å². The highest BCUT2D eigenvalue weighted by Gasteiger charge is 2.08. The Kier molecular flexibility index (Phi) is 6.08. The Labute approximate surface area is 137 Å². The molecule has 0 bridgehead atoms. The third kappa shape index (κ3) is 4.92. The summed E-state index contributed by atoms with van der Waals surface area (Å²) in [5.74, 6) is 1.93. The standard InChI is InChI=1S/C19H23NOS/c1-14-5-8-17(9-6-14)13-22-11-10-20-19(21)18-12-15(2)4-7-16(18)3/h4-9,12H,10-11,13H2,1-3H3,(H,20,21). The molecule has 0 saturated heterocycles. The first-order valence-corrected chi connectivity index (χ1v) is 8.70. The second-order valence-corrected chi connectivity index (χ2v) is 6.72. The van der Waals surface area contributed by atoms with E-state index in [2.05, 4.69) is 36.5 Å². The summed E-state index contributed by atoms with van der Waals surface area (Å²) < 4.78 is 0. The van der Waals surface area contributed by atoms with E-state index in [1.807, 2.05) is 43.8 Å². The molecule has 0 radical (unpaired) electrons. The van der Waals surface area contributed by atoms with Crippen LogP contribution in [-0.4, -0.2) is 18.2 Å². The summed E-state index contributed by atoms with van der Waals surface area (Å²) in [5.41, 5.74) is 5.54. The van der Waals surface area contributed by atoms with Crippen LogP contribution in [0, 0.1) is 20.8 Å². The fourth-order valence-corrected chi connectivity index (χ4v) is 3.01. The SMILES string of the molecule is Cc1ccc(CSCCNC(=O)c2cc(C)ccc2C)cc1. The molecule has 2 nitrogen and oxygen atoms in total. The molecule has 0 aliphatic rings. The van der Waals surface area contributed by atoms with Crippen LogP contribution in [0.4, 0.5) is 0 Å². The van der Waals surface area contributed by atoms with Gasteiger partial charge < -0.3 is 5.32 Å². The predicted octanol–water partition coefficient (Wildman–Crippen LogP) is 4.28. The quantitative estimate of drug-likeness (QED) is 0.807. The molecule has 2 rings (SSSR count). The lowest BCUT2D eigenvalue weighted by Gasteiger charge is -2.08. The number of hydrogen-bond donors (Lipinski definition) is 1. The van der Waals surface area contributed by atoms with Gasteiger partial charge >= 0.3 is 0 Å². The minimum Gasteiger partial charge on any atom is -0.351 e. The molecule has 0 aliphatic carbocycles. The highest BCUT2D eigenvalue weighted by atomic mass is 32.2. The van der Waals surface area contributed by atoms with Gasteiger partial charge in [0.1, 0.15) is 0 Å². The van der Waals surface area contributed by atoms with Gasteiger partial charge in [-0.1, -0.05) is 47.5 Å². The van der Waals surface area contributed by atoms with Crippen molar-refractivity contribution in [3.05, 3.63) is 70.3 Å². The van der Waals surface area contributed by atoms with Crippen LogP contribution >= 0.6 is 11.8 Å². The highest BCUT2D eigenvalue weighted by molar-refractivity contribution is 7.98. The Morgan fingerprint density at radius 2 is 1.68 bits per heavy atom. The van der Waals surface area contributed by atoms with Crippen LogP contribution in [-0.2, 0) is 5.75 Å². The van der Waals surface area contributed by atoms with Gasteiger partial charge in [-0.3, -0.25) is 4.79 Å². The molecule has 2 aromatic rings. The molecule has 2 aromatic carbocycles. The fourth-order valence-electron chi connectivity index (χ4n) is 2.19. The van der Waals surface area contributed by atoms with Crippen molar-refractivity contribution in [2.45, 2.75) is 26.5 Å². The van der Waals surface area contributed by atoms with Crippen LogP contribution in [0.2, 0.25) is 0 Å². The summed E-state index contributed by atoms with van der Waals surface area (Å²) in [6.45, 7) is 6.77. The molecule has 0 unspecified atom stereocenters. The van der Waals surface area contributed by atoms with Crippen molar-refractivity contribution in [3.63, 3.8) is 0 Å². The lowest BCUT2D eigenvalue weighted by Crippen LogP contribution is -2.26. The van der Waals surface area contributed by atoms with Gasteiger partial charge in [-0.15, -0.1) is 0 Å². The van der Waals surface area contributed by atoms with Crippen LogP contribution in [0.3, 0.4) is 0 Å². The van der Waals surface area contributed by atoms with Gasteiger partial charge in [0.25, 0.3) is 5.91 Å². The molecular formula is C19H23NOS. The molecule has 0 fully saturated rings. The van der Waals surface area contributed by atoms with Gasteiger partial charge in [-0.25, -0.2) is 0 Å². The minimum atomic E-state index is 0.0251. The zero-order valence-electron chi connectivity index (χ0n) is 13.5. The maximum atomic E-state index is 12.2. The van der Waals surface area contributed by atoms with Crippen molar-refractivity contribution in [1.29, 1.82) is 0 Å². The van der Waals surface area contributed by atoms with E-state index in [0.717, 1.165) is 28.2 Å². The molecule has 22 heavy (non-hydrogen) atoms. The van der Waals surface area contributed by atoms with Crippen LogP contribution < -0.4 is 5.32 Å². The number of rotatable bonds is 6. The first-order valence-electron chi connectivity index (χ1n) is 7.55. The monoisotopic (exact) mass is 313 g/mol. The number of amides is 1. The third-order valence-electron chi connectivity index (χ3n) is 3.56. The molecule has 1 N–H and O–H groups in total. The number of thioether (sulfide) groups is 1. The van der Waals surface area contributed by atoms with Gasteiger partial charge in [0.15, 0.2) is 0 Å². The molecule has 0 atom stereocenters. The Balaban J connectivity index is 1.73. The summed E-state index contributed by atoms with van der Waals surface area (Å²) in [7, 11) is 0. The maximum absolute atomic E-state index is 12.2. The highest BCUT2D eigenvalue weighted by Crippen LogP contribution is 2.13. The zero-order valence-corrected chi connectivity index (χ0v) is 14.3. The normalized spacial score (nSPS) is 10.5. The Hall–Kier alpha value is -1.74. The largest absolute Gasteiger partial charge is 0.351 e. The predicted molar refractivity (Wildman–Crippen MR) is 95.6 cm³/mol. The molecule has 0 heterocycles. The first-order chi connectivity index (χ1) is 10.6. The smallest absolute Gasteiger partial charge is 0.251 e. The van der Waals surface area contributed by atoms with E-state index < -0.39 is 0 Å². The van der Waals surface area contributed by atoms with E-state index in [1.165, 1.54) is 11.1 Å². The Morgan fingerprint density at radius 1 is 1.00 bits per heavy atom. The Bertz CT molecular complexity index is 634. The van der Waals surface area contributed by atoms with E-state index >= 15 is 0 Å².